The summed E-state index contributed by atoms with van der Waals surface area (Å²) < 4.78 is 16.4. The Labute approximate surface area is 131 Å². The van der Waals surface area contributed by atoms with Crippen LogP contribution >= 0.6 is 27.5 Å². The van der Waals surface area contributed by atoms with Crippen LogP contribution in [0.5, 0.6) is 0 Å². The van der Waals surface area contributed by atoms with Crippen LogP contribution in [-0.2, 0) is 13.0 Å². The first-order valence-corrected chi connectivity index (χ1v) is 8.25. The zero-order valence-electron chi connectivity index (χ0n) is 11.4. The van der Waals surface area contributed by atoms with Gasteiger partial charge in [-0.05, 0) is 40.3 Å². The molecule has 0 N–H and O–H groups in total. The number of rotatable bonds is 4. The molecule has 0 atom stereocenters. The van der Waals surface area contributed by atoms with E-state index in [9.17, 15) is 4.39 Å². The number of fused-ring (bicyclic) bond motifs is 1. The molecule has 1 aromatic carbocycles. The molecule has 1 fully saturated rings. The third kappa shape index (κ3) is 2.48. The first kappa shape index (κ1) is 14.3. The fraction of sp³-hybridized carbons (Fsp3) is 0.533. The van der Waals surface area contributed by atoms with E-state index in [4.69, 9.17) is 11.6 Å². The van der Waals surface area contributed by atoms with Crippen LogP contribution in [0.3, 0.4) is 0 Å². The Bertz CT molecular complexity index is 649. The van der Waals surface area contributed by atoms with E-state index in [1.165, 1.54) is 25.3 Å². The monoisotopic (exact) mass is 358 g/mol. The standard InChI is InChI=1S/C15H17BrClFN2/c1-15(4-2-5-15)9-20-13-7-10(16)11(18)8-12(13)19-14(20)3-6-17/h7-8H,2-6,9H2,1H3. The van der Waals surface area contributed by atoms with E-state index in [1.54, 1.807) is 0 Å². The molecule has 0 bridgehead atoms. The molecular formula is C15H17BrClFN2. The average molecular weight is 360 g/mol. The van der Waals surface area contributed by atoms with Crippen LogP contribution in [0.25, 0.3) is 11.0 Å². The van der Waals surface area contributed by atoms with Gasteiger partial charge in [0, 0.05) is 24.9 Å². The Kier molecular flexibility index (Phi) is 3.80. The van der Waals surface area contributed by atoms with Gasteiger partial charge in [0.1, 0.15) is 11.6 Å². The summed E-state index contributed by atoms with van der Waals surface area (Å²) in [4.78, 5) is 4.56. The van der Waals surface area contributed by atoms with E-state index in [-0.39, 0.29) is 5.82 Å². The molecule has 0 aliphatic heterocycles. The lowest BCUT2D eigenvalue weighted by Crippen LogP contribution is -2.31. The highest BCUT2D eigenvalue weighted by Crippen LogP contribution is 2.42. The first-order valence-electron chi connectivity index (χ1n) is 6.92. The maximum absolute atomic E-state index is 13.7. The zero-order valence-corrected chi connectivity index (χ0v) is 13.8. The first-order chi connectivity index (χ1) is 9.52. The Morgan fingerprint density at radius 1 is 1.45 bits per heavy atom. The second-order valence-electron chi connectivity index (χ2n) is 5.97. The van der Waals surface area contributed by atoms with Gasteiger partial charge in [0.2, 0.25) is 0 Å². The maximum atomic E-state index is 13.7. The van der Waals surface area contributed by atoms with Crippen molar-refractivity contribution < 1.29 is 4.39 Å². The Hall–Kier alpha value is -0.610. The van der Waals surface area contributed by atoms with Crippen molar-refractivity contribution in [2.45, 2.75) is 39.2 Å². The number of hydrogen-bond donors (Lipinski definition) is 0. The van der Waals surface area contributed by atoms with E-state index >= 15 is 0 Å². The van der Waals surface area contributed by atoms with Gasteiger partial charge in [0.15, 0.2) is 0 Å². The van der Waals surface area contributed by atoms with Gasteiger partial charge in [-0.3, -0.25) is 0 Å². The summed E-state index contributed by atoms with van der Waals surface area (Å²) in [5, 5.41) is 0. The van der Waals surface area contributed by atoms with Gasteiger partial charge < -0.3 is 4.57 Å². The minimum Gasteiger partial charge on any atom is -0.327 e. The van der Waals surface area contributed by atoms with Crippen molar-refractivity contribution in [2.75, 3.05) is 5.88 Å². The third-order valence-corrected chi connectivity index (χ3v) is 5.08. The Morgan fingerprint density at radius 3 is 2.80 bits per heavy atom. The summed E-state index contributed by atoms with van der Waals surface area (Å²) >= 11 is 9.15. The number of halogens is 3. The molecule has 2 nitrogen and oxygen atoms in total. The molecule has 0 saturated heterocycles. The molecule has 1 aromatic heterocycles. The normalized spacial score (nSPS) is 17.4. The van der Waals surface area contributed by atoms with E-state index in [1.807, 2.05) is 6.07 Å². The highest BCUT2D eigenvalue weighted by molar-refractivity contribution is 9.10. The molecule has 0 amide bonds. The fourth-order valence-corrected chi connectivity index (χ4v) is 3.44. The molecule has 0 unspecified atom stereocenters. The number of nitrogens with zero attached hydrogens (tertiary/aromatic N) is 2. The number of aromatic nitrogens is 2. The second-order valence-corrected chi connectivity index (χ2v) is 7.20. The predicted octanol–water partition coefficient (Wildman–Crippen LogP) is 4.91. The van der Waals surface area contributed by atoms with Crippen LogP contribution in [0.4, 0.5) is 4.39 Å². The van der Waals surface area contributed by atoms with E-state index in [0.29, 0.717) is 27.7 Å². The second kappa shape index (κ2) is 5.30. The smallest absolute Gasteiger partial charge is 0.139 e. The zero-order chi connectivity index (χ0) is 14.3. The van der Waals surface area contributed by atoms with Gasteiger partial charge in [0.05, 0.1) is 15.5 Å². The molecule has 2 aromatic rings. The average Bonchev–Trinajstić information content (AvgIpc) is 2.67. The maximum Gasteiger partial charge on any atom is 0.139 e. The molecule has 20 heavy (non-hydrogen) atoms. The van der Waals surface area contributed by atoms with Gasteiger partial charge in [-0.2, -0.15) is 0 Å². The van der Waals surface area contributed by atoms with E-state index in [0.717, 1.165) is 17.9 Å². The van der Waals surface area contributed by atoms with E-state index < -0.39 is 0 Å². The summed E-state index contributed by atoms with van der Waals surface area (Å²) in [6.07, 6.45) is 4.50. The molecule has 3 rings (SSSR count). The fourth-order valence-electron chi connectivity index (χ4n) is 2.94. The van der Waals surface area contributed by atoms with Gasteiger partial charge in [0.25, 0.3) is 0 Å². The van der Waals surface area contributed by atoms with Crippen LogP contribution in [-0.4, -0.2) is 15.4 Å². The molecular weight excluding hydrogens is 343 g/mol. The van der Waals surface area contributed by atoms with Gasteiger partial charge in [-0.1, -0.05) is 13.3 Å². The molecule has 5 heteroatoms. The summed E-state index contributed by atoms with van der Waals surface area (Å²) in [7, 11) is 0. The molecule has 0 spiro atoms. The highest BCUT2D eigenvalue weighted by Gasteiger charge is 2.33. The van der Waals surface area contributed by atoms with Crippen molar-refractivity contribution in [3.05, 3.63) is 28.2 Å². The van der Waals surface area contributed by atoms with Gasteiger partial charge >= 0.3 is 0 Å². The summed E-state index contributed by atoms with van der Waals surface area (Å²) in [6, 6.07) is 3.33. The molecule has 1 aliphatic rings. The topological polar surface area (TPSA) is 17.8 Å². The quantitative estimate of drug-likeness (QED) is 0.709. The van der Waals surface area contributed by atoms with Crippen molar-refractivity contribution in [3.63, 3.8) is 0 Å². The molecule has 1 aliphatic carbocycles. The minimum absolute atomic E-state index is 0.269. The largest absolute Gasteiger partial charge is 0.327 e. The van der Waals surface area contributed by atoms with Crippen LogP contribution in [0.15, 0.2) is 16.6 Å². The number of hydrogen-bond acceptors (Lipinski definition) is 1. The lowest BCUT2D eigenvalue weighted by molar-refractivity contribution is 0.132. The number of alkyl halides is 1. The summed E-state index contributed by atoms with van der Waals surface area (Å²) in [6.45, 7) is 3.25. The van der Waals surface area contributed by atoms with E-state index in [2.05, 4.69) is 32.4 Å². The number of imidazole rings is 1. The summed E-state index contributed by atoms with van der Waals surface area (Å²) in [5.74, 6) is 1.22. The van der Waals surface area contributed by atoms with Crippen molar-refractivity contribution >= 4 is 38.6 Å². The minimum atomic E-state index is -0.269. The highest BCUT2D eigenvalue weighted by atomic mass is 79.9. The van der Waals surface area contributed by atoms with Crippen LogP contribution in [0.1, 0.15) is 32.0 Å². The Balaban J connectivity index is 2.10. The number of aryl methyl sites for hydroxylation is 1. The van der Waals surface area contributed by atoms with Crippen molar-refractivity contribution in [2.24, 2.45) is 5.41 Å². The SMILES string of the molecule is CC1(Cn2c(CCCl)nc3cc(F)c(Br)cc32)CCC1. The lowest BCUT2D eigenvalue weighted by Gasteiger charge is -2.39. The predicted molar refractivity (Wildman–Crippen MR) is 83.8 cm³/mol. The van der Waals surface area contributed by atoms with Crippen molar-refractivity contribution in [3.8, 4) is 0 Å². The molecule has 1 heterocycles. The molecule has 108 valence electrons. The van der Waals surface area contributed by atoms with Crippen LogP contribution in [0.2, 0.25) is 0 Å². The molecule has 1 saturated carbocycles. The van der Waals surface area contributed by atoms with Gasteiger partial charge in [-0.15, -0.1) is 11.6 Å². The van der Waals surface area contributed by atoms with Crippen molar-refractivity contribution in [1.29, 1.82) is 0 Å². The molecule has 0 radical (unpaired) electrons. The lowest BCUT2D eigenvalue weighted by atomic mass is 9.70. The van der Waals surface area contributed by atoms with Crippen molar-refractivity contribution in [1.82, 2.24) is 9.55 Å². The third-order valence-electron chi connectivity index (χ3n) is 4.29. The van der Waals surface area contributed by atoms with Gasteiger partial charge in [-0.25, -0.2) is 9.37 Å². The number of benzene rings is 1. The van der Waals surface area contributed by atoms with Crippen LogP contribution < -0.4 is 0 Å². The Morgan fingerprint density at radius 2 is 2.20 bits per heavy atom. The van der Waals surface area contributed by atoms with Crippen LogP contribution in [0, 0.1) is 11.2 Å². The summed E-state index contributed by atoms with van der Waals surface area (Å²) in [5.41, 5.74) is 2.05.